The van der Waals surface area contributed by atoms with Crippen molar-refractivity contribution in [1.82, 2.24) is 5.32 Å². The van der Waals surface area contributed by atoms with E-state index in [9.17, 15) is 0 Å². The predicted octanol–water partition coefficient (Wildman–Crippen LogP) is 3.68. The maximum atomic E-state index is 9.03. The van der Waals surface area contributed by atoms with Gasteiger partial charge in [-0.1, -0.05) is 6.07 Å². The number of methoxy groups -OCH3 is 1. The van der Waals surface area contributed by atoms with Crippen LogP contribution in [0, 0.1) is 11.3 Å². The van der Waals surface area contributed by atoms with Crippen LogP contribution in [-0.2, 0) is 13.1 Å². The minimum absolute atomic E-state index is 0.570. The van der Waals surface area contributed by atoms with E-state index in [1.165, 1.54) is 4.88 Å². The molecule has 0 aliphatic rings. The van der Waals surface area contributed by atoms with E-state index in [-0.39, 0.29) is 0 Å². The first-order valence-electron chi connectivity index (χ1n) is 5.75. The molecule has 1 aromatic carbocycles. The van der Waals surface area contributed by atoms with Crippen molar-refractivity contribution in [3.8, 4) is 11.8 Å². The molecule has 1 N–H and O–H groups in total. The molecule has 0 atom stereocenters. The molecular formula is C14H13BrN2OS. The van der Waals surface area contributed by atoms with E-state index in [0.29, 0.717) is 11.3 Å². The molecule has 0 spiro atoms. The number of thiophene rings is 1. The predicted molar refractivity (Wildman–Crippen MR) is 80.3 cm³/mol. The summed E-state index contributed by atoms with van der Waals surface area (Å²) in [6.45, 7) is 1.55. The molecule has 1 heterocycles. The second kappa shape index (κ2) is 6.71. The van der Waals surface area contributed by atoms with Crippen LogP contribution in [0.25, 0.3) is 0 Å². The molecular weight excluding hydrogens is 324 g/mol. The van der Waals surface area contributed by atoms with E-state index in [0.717, 1.165) is 22.4 Å². The summed E-state index contributed by atoms with van der Waals surface area (Å²) in [4.78, 5) is 1.28. The third kappa shape index (κ3) is 3.80. The number of halogens is 1. The van der Waals surface area contributed by atoms with Gasteiger partial charge in [0.25, 0.3) is 0 Å². The van der Waals surface area contributed by atoms with Crippen LogP contribution in [0.4, 0.5) is 0 Å². The van der Waals surface area contributed by atoms with Crippen molar-refractivity contribution in [2.24, 2.45) is 0 Å². The van der Waals surface area contributed by atoms with Crippen molar-refractivity contribution in [2.75, 3.05) is 7.11 Å². The first-order valence-corrected chi connectivity index (χ1v) is 7.36. The van der Waals surface area contributed by atoms with Gasteiger partial charge in [-0.3, -0.25) is 0 Å². The van der Waals surface area contributed by atoms with Crippen LogP contribution in [0.1, 0.15) is 16.0 Å². The maximum absolute atomic E-state index is 9.03. The van der Waals surface area contributed by atoms with Crippen molar-refractivity contribution in [3.05, 3.63) is 50.1 Å². The molecule has 3 nitrogen and oxygen atoms in total. The van der Waals surface area contributed by atoms with Crippen molar-refractivity contribution in [3.63, 3.8) is 0 Å². The van der Waals surface area contributed by atoms with E-state index in [2.05, 4.69) is 33.4 Å². The van der Waals surface area contributed by atoms with Crippen LogP contribution in [-0.4, -0.2) is 7.11 Å². The lowest BCUT2D eigenvalue weighted by atomic mass is 10.1. The average molecular weight is 337 g/mol. The molecule has 0 saturated heterocycles. The minimum atomic E-state index is 0.570. The lowest BCUT2D eigenvalue weighted by Gasteiger charge is -2.07. The summed E-state index contributed by atoms with van der Waals surface area (Å²) in [6, 6.07) is 11.9. The Kier molecular flexibility index (Phi) is 4.97. The number of nitriles is 1. The molecule has 2 rings (SSSR count). The SMILES string of the molecule is COc1ccc(CNCc2ccc(Br)s2)cc1C#N. The van der Waals surface area contributed by atoms with Gasteiger partial charge in [-0.15, -0.1) is 11.3 Å². The van der Waals surface area contributed by atoms with Gasteiger partial charge >= 0.3 is 0 Å². The fourth-order valence-electron chi connectivity index (χ4n) is 1.73. The molecule has 0 unspecified atom stereocenters. The normalized spacial score (nSPS) is 10.2. The fourth-order valence-corrected chi connectivity index (χ4v) is 3.18. The summed E-state index contributed by atoms with van der Waals surface area (Å²) in [5.41, 5.74) is 1.65. The van der Waals surface area contributed by atoms with Crippen LogP contribution >= 0.6 is 27.3 Å². The zero-order chi connectivity index (χ0) is 13.7. The van der Waals surface area contributed by atoms with E-state index >= 15 is 0 Å². The Hall–Kier alpha value is -1.35. The van der Waals surface area contributed by atoms with Gasteiger partial charge in [-0.2, -0.15) is 5.26 Å². The van der Waals surface area contributed by atoms with Crippen LogP contribution < -0.4 is 10.1 Å². The van der Waals surface area contributed by atoms with Gasteiger partial charge in [-0.25, -0.2) is 0 Å². The lowest BCUT2D eigenvalue weighted by Crippen LogP contribution is -2.11. The van der Waals surface area contributed by atoms with Crippen LogP contribution in [0.5, 0.6) is 5.75 Å². The summed E-state index contributed by atoms with van der Waals surface area (Å²) in [7, 11) is 1.57. The van der Waals surface area contributed by atoms with Crippen molar-refractivity contribution < 1.29 is 4.74 Å². The van der Waals surface area contributed by atoms with Crippen LogP contribution in [0.3, 0.4) is 0 Å². The highest BCUT2D eigenvalue weighted by atomic mass is 79.9. The van der Waals surface area contributed by atoms with E-state index < -0.39 is 0 Å². The number of ether oxygens (including phenoxy) is 1. The Morgan fingerprint density at radius 1 is 1.32 bits per heavy atom. The topological polar surface area (TPSA) is 45.0 Å². The zero-order valence-corrected chi connectivity index (χ0v) is 12.8. The summed E-state index contributed by atoms with van der Waals surface area (Å²) in [6.07, 6.45) is 0. The maximum Gasteiger partial charge on any atom is 0.136 e. The molecule has 0 saturated carbocycles. The molecule has 0 fully saturated rings. The van der Waals surface area contributed by atoms with Gasteiger partial charge in [-0.05, 0) is 45.8 Å². The van der Waals surface area contributed by atoms with E-state index in [4.69, 9.17) is 10.00 Å². The standard InChI is InChI=1S/C14H13BrN2OS/c1-18-13-4-2-10(6-11(13)7-16)8-17-9-12-3-5-14(15)19-12/h2-6,17H,8-9H2,1H3. The Morgan fingerprint density at radius 3 is 2.79 bits per heavy atom. The Morgan fingerprint density at radius 2 is 2.16 bits per heavy atom. The molecule has 1 aromatic heterocycles. The highest BCUT2D eigenvalue weighted by Crippen LogP contribution is 2.22. The largest absolute Gasteiger partial charge is 0.495 e. The fraction of sp³-hybridized carbons (Fsp3) is 0.214. The van der Waals surface area contributed by atoms with E-state index in [1.54, 1.807) is 18.4 Å². The average Bonchev–Trinajstić information content (AvgIpc) is 2.84. The van der Waals surface area contributed by atoms with E-state index in [1.807, 2.05) is 24.3 Å². The number of nitrogens with one attached hydrogen (secondary N) is 1. The van der Waals surface area contributed by atoms with Gasteiger partial charge < -0.3 is 10.1 Å². The summed E-state index contributed by atoms with van der Waals surface area (Å²) >= 11 is 5.16. The molecule has 98 valence electrons. The second-order valence-corrected chi connectivity index (χ2v) is 6.50. The Bertz CT molecular complexity index is 604. The molecule has 0 bridgehead atoms. The molecule has 0 aliphatic carbocycles. The summed E-state index contributed by atoms with van der Waals surface area (Å²) < 4.78 is 6.26. The number of benzene rings is 1. The molecule has 2 aromatic rings. The van der Waals surface area contributed by atoms with Crippen LogP contribution in [0.2, 0.25) is 0 Å². The molecule has 0 radical (unpaired) electrons. The molecule has 0 amide bonds. The third-order valence-electron chi connectivity index (χ3n) is 2.64. The number of nitrogens with zero attached hydrogens (tertiary/aromatic N) is 1. The third-order valence-corrected chi connectivity index (χ3v) is 4.27. The smallest absolute Gasteiger partial charge is 0.136 e. The van der Waals surface area contributed by atoms with Gasteiger partial charge in [0.05, 0.1) is 16.5 Å². The summed E-state index contributed by atoms with van der Waals surface area (Å²) in [5, 5.41) is 12.4. The summed E-state index contributed by atoms with van der Waals surface area (Å²) in [5.74, 6) is 0.619. The lowest BCUT2D eigenvalue weighted by molar-refractivity contribution is 0.413. The highest BCUT2D eigenvalue weighted by molar-refractivity contribution is 9.11. The molecule has 0 aliphatic heterocycles. The number of hydrogen-bond acceptors (Lipinski definition) is 4. The van der Waals surface area contributed by atoms with Crippen molar-refractivity contribution >= 4 is 27.3 Å². The van der Waals surface area contributed by atoms with Crippen molar-refractivity contribution in [2.45, 2.75) is 13.1 Å². The monoisotopic (exact) mass is 336 g/mol. The van der Waals surface area contributed by atoms with Gasteiger partial charge in [0.15, 0.2) is 0 Å². The van der Waals surface area contributed by atoms with Gasteiger partial charge in [0.1, 0.15) is 11.8 Å². The minimum Gasteiger partial charge on any atom is -0.495 e. The zero-order valence-electron chi connectivity index (χ0n) is 10.4. The van der Waals surface area contributed by atoms with Crippen LogP contribution in [0.15, 0.2) is 34.1 Å². The highest BCUT2D eigenvalue weighted by Gasteiger charge is 2.03. The van der Waals surface area contributed by atoms with Gasteiger partial charge in [0.2, 0.25) is 0 Å². The molecule has 5 heteroatoms. The Labute approximate surface area is 125 Å². The number of hydrogen-bond donors (Lipinski definition) is 1. The number of rotatable bonds is 5. The Balaban J connectivity index is 1.95. The first kappa shape index (κ1) is 14.1. The van der Waals surface area contributed by atoms with Gasteiger partial charge in [0, 0.05) is 18.0 Å². The quantitative estimate of drug-likeness (QED) is 0.905. The van der Waals surface area contributed by atoms with Crippen molar-refractivity contribution in [1.29, 1.82) is 5.26 Å². The molecule has 19 heavy (non-hydrogen) atoms. The first-order chi connectivity index (χ1) is 9.22. The second-order valence-electron chi connectivity index (χ2n) is 3.96.